The van der Waals surface area contributed by atoms with Gasteiger partial charge in [-0.1, -0.05) is 26.7 Å². The van der Waals surface area contributed by atoms with Crippen LogP contribution in [0.2, 0.25) is 0 Å². The number of aromatic nitrogens is 1. The normalized spacial score (nSPS) is 18.1. The van der Waals surface area contributed by atoms with Gasteiger partial charge in [-0.2, -0.15) is 0 Å². The number of rotatable bonds is 6. The molecule has 1 aromatic heterocycles. The maximum absolute atomic E-state index is 4.21. The second kappa shape index (κ2) is 6.85. The molecule has 1 aliphatic rings. The van der Waals surface area contributed by atoms with E-state index < -0.39 is 0 Å². The monoisotopic (exact) mass is 324 g/mol. The maximum atomic E-state index is 4.21. The van der Waals surface area contributed by atoms with Crippen molar-refractivity contribution < 1.29 is 0 Å². The summed E-state index contributed by atoms with van der Waals surface area (Å²) in [5.74, 6) is 0.799. The number of hydrogen-bond donors (Lipinski definition) is 1. The summed E-state index contributed by atoms with van der Waals surface area (Å²) >= 11 is 3.47. The van der Waals surface area contributed by atoms with E-state index in [1.807, 2.05) is 12.4 Å². The van der Waals surface area contributed by atoms with Crippen LogP contribution in [-0.2, 0) is 6.54 Å². The fraction of sp³-hybridized carbons (Fsp3) is 0.688. The molecule has 106 valence electrons. The van der Waals surface area contributed by atoms with Crippen molar-refractivity contribution in [1.82, 2.24) is 10.3 Å². The summed E-state index contributed by atoms with van der Waals surface area (Å²) in [5, 5.41) is 3.66. The van der Waals surface area contributed by atoms with Crippen molar-refractivity contribution in [3.8, 4) is 0 Å². The van der Waals surface area contributed by atoms with Crippen LogP contribution in [0.5, 0.6) is 0 Å². The number of nitrogens with one attached hydrogen (secondary N) is 1. The van der Waals surface area contributed by atoms with Crippen molar-refractivity contribution in [3.05, 3.63) is 28.5 Å². The molecule has 2 rings (SSSR count). The van der Waals surface area contributed by atoms with Crippen LogP contribution < -0.4 is 5.32 Å². The van der Waals surface area contributed by atoms with Gasteiger partial charge in [0.25, 0.3) is 0 Å². The van der Waals surface area contributed by atoms with Gasteiger partial charge in [0.1, 0.15) is 0 Å². The fourth-order valence-corrected chi connectivity index (χ4v) is 3.88. The molecule has 0 amide bonds. The van der Waals surface area contributed by atoms with Gasteiger partial charge >= 0.3 is 0 Å². The Morgan fingerprint density at radius 1 is 1.32 bits per heavy atom. The van der Waals surface area contributed by atoms with Crippen molar-refractivity contribution in [2.24, 2.45) is 11.3 Å². The van der Waals surface area contributed by atoms with E-state index in [1.54, 1.807) is 0 Å². The van der Waals surface area contributed by atoms with Gasteiger partial charge in [-0.25, -0.2) is 0 Å². The van der Waals surface area contributed by atoms with Crippen molar-refractivity contribution in [2.75, 3.05) is 6.54 Å². The summed E-state index contributed by atoms with van der Waals surface area (Å²) in [6, 6.07) is 2.14. The molecule has 0 aromatic carbocycles. The van der Waals surface area contributed by atoms with E-state index in [2.05, 4.69) is 46.1 Å². The summed E-state index contributed by atoms with van der Waals surface area (Å²) in [7, 11) is 0. The van der Waals surface area contributed by atoms with Gasteiger partial charge in [-0.15, -0.1) is 0 Å². The molecule has 1 aliphatic carbocycles. The van der Waals surface area contributed by atoms with Crippen LogP contribution in [0.25, 0.3) is 0 Å². The van der Waals surface area contributed by atoms with E-state index in [-0.39, 0.29) is 0 Å². The van der Waals surface area contributed by atoms with Gasteiger partial charge in [0.15, 0.2) is 0 Å². The van der Waals surface area contributed by atoms with Crippen molar-refractivity contribution in [1.29, 1.82) is 0 Å². The van der Waals surface area contributed by atoms with Crippen LogP contribution in [0, 0.1) is 11.3 Å². The largest absolute Gasteiger partial charge is 0.312 e. The molecule has 0 radical (unpaired) electrons. The molecule has 1 fully saturated rings. The minimum atomic E-state index is 0.549. The molecule has 0 spiro atoms. The number of hydrogen-bond acceptors (Lipinski definition) is 2. The highest BCUT2D eigenvalue weighted by molar-refractivity contribution is 9.10. The average molecular weight is 325 g/mol. The summed E-state index contributed by atoms with van der Waals surface area (Å²) in [6.45, 7) is 6.76. The molecule has 0 bridgehead atoms. The first-order valence-electron chi connectivity index (χ1n) is 7.40. The molecule has 1 heterocycles. The van der Waals surface area contributed by atoms with E-state index in [0.29, 0.717) is 5.41 Å². The zero-order valence-electron chi connectivity index (χ0n) is 12.1. The van der Waals surface area contributed by atoms with E-state index in [4.69, 9.17) is 0 Å². The predicted molar refractivity (Wildman–Crippen MR) is 84.0 cm³/mol. The Balaban J connectivity index is 1.86. The van der Waals surface area contributed by atoms with Crippen molar-refractivity contribution in [3.63, 3.8) is 0 Å². The molecular formula is C16H25BrN2. The van der Waals surface area contributed by atoms with Gasteiger partial charge in [-0.3, -0.25) is 4.98 Å². The number of nitrogens with zero attached hydrogens (tertiary/aromatic N) is 1. The lowest BCUT2D eigenvalue weighted by atomic mass is 9.78. The van der Waals surface area contributed by atoms with Crippen molar-refractivity contribution in [2.45, 2.75) is 52.5 Å². The zero-order valence-corrected chi connectivity index (χ0v) is 13.7. The Morgan fingerprint density at radius 3 is 2.68 bits per heavy atom. The second-order valence-corrected chi connectivity index (χ2v) is 7.34. The topological polar surface area (TPSA) is 24.9 Å². The SMILES string of the molecule is CC(C)CC1(CNCc2cncc(Br)c2)CCCC1. The van der Waals surface area contributed by atoms with Crippen LogP contribution in [0.4, 0.5) is 0 Å². The molecule has 0 aliphatic heterocycles. The zero-order chi connectivity index (χ0) is 13.7. The van der Waals surface area contributed by atoms with Gasteiger partial charge in [-0.05, 0) is 58.2 Å². The lowest BCUT2D eigenvalue weighted by molar-refractivity contribution is 0.223. The molecule has 1 aromatic rings. The molecule has 0 unspecified atom stereocenters. The third-order valence-corrected chi connectivity index (χ3v) is 4.53. The molecule has 2 nitrogen and oxygen atoms in total. The first kappa shape index (κ1) is 15.0. The van der Waals surface area contributed by atoms with Crippen LogP contribution in [0.1, 0.15) is 51.5 Å². The molecule has 19 heavy (non-hydrogen) atoms. The highest BCUT2D eigenvalue weighted by atomic mass is 79.9. The van der Waals surface area contributed by atoms with E-state index >= 15 is 0 Å². The quantitative estimate of drug-likeness (QED) is 0.830. The fourth-order valence-electron chi connectivity index (χ4n) is 3.47. The molecule has 0 saturated heterocycles. The third kappa shape index (κ3) is 4.57. The molecule has 1 N–H and O–H groups in total. The Labute approximate surface area is 125 Å². The molecule has 1 saturated carbocycles. The predicted octanol–water partition coefficient (Wildman–Crippen LogP) is 4.54. The van der Waals surface area contributed by atoms with Gasteiger partial charge in [0, 0.05) is 30.0 Å². The molecule has 0 atom stereocenters. The summed E-state index contributed by atoms with van der Waals surface area (Å²) in [4.78, 5) is 4.21. The van der Waals surface area contributed by atoms with Gasteiger partial charge < -0.3 is 5.32 Å². The first-order valence-corrected chi connectivity index (χ1v) is 8.19. The van der Waals surface area contributed by atoms with Crippen LogP contribution in [0.15, 0.2) is 22.9 Å². The number of pyridine rings is 1. The van der Waals surface area contributed by atoms with E-state index in [1.165, 1.54) is 37.7 Å². The minimum absolute atomic E-state index is 0.549. The van der Waals surface area contributed by atoms with E-state index in [9.17, 15) is 0 Å². The second-order valence-electron chi connectivity index (χ2n) is 6.42. The van der Waals surface area contributed by atoms with Crippen LogP contribution >= 0.6 is 15.9 Å². The smallest absolute Gasteiger partial charge is 0.0410 e. The Morgan fingerprint density at radius 2 is 2.05 bits per heavy atom. The van der Waals surface area contributed by atoms with Crippen molar-refractivity contribution >= 4 is 15.9 Å². The highest BCUT2D eigenvalue weighted by Crippen LogP contribution is 2.42. The molecule has 3 heteroatoms. The standard InChI is InChI=1S/C16H25BrN2/c1-13(2)8-16(5-3-4-6-16)12-19-10-14-7-15(17)11-18-9-14/h7,9,11,13,19H,3-6,8,10,12H2,1-2H3. The van der Waals surface area contributed by atoms with Crippen LogP contribution in [-0.4, -0.2) is 11.5 Å². The minimum Gasteiger partial charge on any atom is -0.312 e. The average Bonchev–Trinajstić information content (AvgIpc) is 2.77. The van der Waals surface area contributed by atoms with Gasteiger partial charge in [0.05, 0.1) is 0 Å². The highest BCUT2D eigenvalue weighted by Gasteiger charge is 2.33. The molecular weight excluding hydrogens is 300 g/mol. The summed E-state index contributed by atoms with van der Waals surface area (Å²) < 4.78 is 1.06. The summed E-state index contributed by atoms with van der Waals surface area (Å²) in [6.07, 6.45) is 10.8. The Bertz CT molecular complexity index is 397. The first-order chi connectivity index (χ1) is 9.10. The third-order valence-electron chi connectivity index (χ3n) is 4.10. The lowest BCUT2D eigenvalue weighted by Gasteiger charge is -2.31. The van der Waals surface area contributed by atoms with Gasteiger partial charge in [0.2, 0.25) is 0 Å². The van der Waals surface area contributed by atoms with Crippen LogP contribution in [0.3, 0.4) is 0 Å². The van der Waals surface area contributed by atoms with E-state index in [0.717, 1.165) is 23.5 Å². The maximum Gasteiger partial charge on any atom is 0.0410 e. The Hall–Kier alpha value is -0.410. The summed E-state index contributed by atoms with van der Waals surface area (Å²) in [5.41, 5.74) is 1.81. The number of halogens is 1. The Kier molecular flexibility index (Phi) is 5.40. The lowest BCUT2D eigenvalue weighted by Crippen LogP contribution is -2.33.